The molecule has 6 aliphatic carbocycles. The average molecular weight is 2240 g/mol. The number of aromatic nitrogens is 6. The summed E-state index contributed by atoms with van der Waals surface area (Å²) in [5, 5.41) is 28.7. The van der Waals surface area contributed by atoms with Crippen LogP contribution in [0.5, 0.6) is 0 Å². The molecule has 0 spiro atoms. The number of carboxylic acid groups (broad SMARTS) is 1. The zero-order valence-corrected chi connectivity index (χ0v) is 91.4. The lowest BCUT2D eigenvalue weighted by atomic mass is 10.1. The topological polar surface area (TPSA) is 441 Å². The summed E-state index contributed by atoms with van der Waals surface area (Å²) in [6, 6.07) is 54.9. The van der Waals surface area contributed by atoms with Crippen LogP contribution in [0.4, 0.5) is 9.59 Å². The van der Waals surface area contributed by atoms with Crippen molar-refractivity contribution in [2.45, 2.75) is 258 Å². The molecule has 0 unspecified atom stereocenters. The van der Waals surface area contributed by atoms with E-state index < -0.39 is 45.1 Å². The number of carbonyl (C=O) groups excluding carboxylic acids is 8. The fourth-order valence-electron chi connectivity index (χ4n) is 17.7. The molecule has 36 heteroatoms. The average Bonchev–Trinajstić information content (AvgIpc) is 1.65. The molecule has 10 N–H and O–H groups in total. The van der Waals surface area contributed by atoms with Crippen LogP contribution in [-0.4, -0.2) is 177 Å². The van der Waals surface area contributed by atoms with Gasteiger partial charge in [-0.15, -0.1) is 0 Å². The minimum atomic E-state index is -3.38. The minimum Gasteiger partial charge on any atom is -0.481 e. The Balaban J connectivity index is 0.000000208. The molecule has 7 amide bonds. The van der Waals surface area contributed by atoms with Gasteiger partial charge < -0.3 is 75.5 Å². The van der Waals surface area contributed by atoms with Crippen LogP contribution in [-0.2, 0) is 48.1 Å². The number of alkyl carbamates (subject to hydrolysis) is 2. The maximum atomic E-state index is 12.2. The monoisotopic (exact) mass is 2240 g/mol. The fraction of sp³-hybridized carbons (Fsp3) is 0.455. The third kappa shape index (κ3) is 40.2. The van der Waals surface area contributed by atoms with Gasteiger partial charge in [0.25, 0.3) is 9.84 Å². The number of para-hydroxylation sites is 4. The normalized spacial score (nSPS) is 19.8. The van der Waals surface area contributed by atoms with Crippen molar-refractivity contribution in [1.29, 1.82) is 0 Å². The summed E-state index contributed by atoms with van der Waals surface area (Å²) < 4.78 is 51.4. The molecule has 4 heterocycles. The number of sulfone groups is 1. The number of nitrogens with two attached hydrogens (primary N) is 1. The van der Waals surface area contributed by atoms with Gasteiger partial charge in [0.2, 0.25) is 35.4 Å². The summed E-state index contributed by atoms with van der Waals surface area (Å²) in [6.45, 7) is 32.5. The van der Waals surface area contributed by atoms with E-state index in [1.165, 1.54) is 18.5 Å². The van der Waals surface area contributed by atoms with Gasteiger partial charge >= 0.3 is 24.0 Å². The molecule has 0 saturated heterocycles. The van der Waals surface area contributed by atoms with Gasteiger partial charge in [-0.1, -0.05) is 146 Å². The van der Waals surface area contributed by atoms with Gasteiger partial charge in [0.1, 0.15) is 28.5 Å². The Bertz CT molecular complexity index is 6150. The number of amides is 7. The highest BCUT2D eigenvalue weighted by atomic mass is 79.9. The number of carboxylic acids is 1. The van der Waals surface area contributed by atoms with Gasteiger partial charge in [0.05, 0.1) is 53.3 Å². The van der Waals surface area contributed by atoms with Crippen LogP contribution in [0.25, 0.3) is 61.0 Å². The van der Waals surface area contributed by atoms with Gasteiger partial charge in [0, 0.05) is 123 Å². The Morgan fingerprint density at radius 3 is 1.33 bits per heavy atom. The Morgan fingerprint density at radius 1 is 0.500 bits per heavy atom. The van der Waals surface area contributed by atoms with Crippen molar-refractivity contribution >= 4 is 140 Å². The molecule has 0 aliphatic heterocycles. The number of nitrogens with one attached hydrogen (secondary N) is 7. The first-order valence-electron chi connectivity index (χ1n) is 50.3. The van der Waals surface area contributed by atoms with E-state index in [9.17, 15) is 51.6 Å². The Labute approximate surface area is 895 Å². The molecule has 0 bridgehead atoms. The predicted octanol–water partition coefficient (Wildman–Crippen LogP) is 22.0. The second kappa shape index (κ2) is 60.8. The number of benzene rings is 7. The number of hydrogen-bond donors (Lipinski definition) is 9. The molecule has 11 aromatic rings. The van der Waals surface area contributed by atoms with Crippen LogP contribution in [0.15, 0.2) is 233 Å². The number of halogens is 3. The van der Waals surface area contributed by atoms with Crippen LogP contribution in [0.1, 0.15) is 233 Å². The Morgan fingerprint density at radius 2 is 0.899 bits per heavy atom. The number of oxazole rings is 2. The molecule has 0 radical (unpaired) electrons. The number of rotatable bonds is 23. The first-order valence-corrected chi connectivity index (χ1v) is 54.3. The minimum absolute atomic E-state index is 0. The van der Waals surface area contributed by atoms with Crippen molar-refractivity contribution in [3.63, 3.8) is 0 Å². The maximum absolute atomic E-state index is 12.2. The van der Waals surface area contributed by atoms with E-state index in [-0.39, 0.29) is 102 Å². The number of hydrogen-bond acceptors (Lipinski definition) is 21. The lowest BCUT2D eigenvalue weighted by molar-refractivity contribution is -0.141. The molecule has 12 atom stereocenters. The third-order valence-electron chi connectivity index (χ3n) is 25.1. The quantitative estimate of drug-likeness (QED) is 0.0163. The zero-order chi connectivity index (χ0) is 107. The summed E-state index contributed by atoms with van der Waals surface area (Å²) >= 11 is 10.1. The van der Waals surface area contributed by atoms with Crippen molar-refractivity contribution in [1.82, 2.24) is 66.3 Å². The molecule has 6 fully saturated rings. The lowest BCUT2D eigenvalue weighted by Crippen LogP contribution is -2.38. The van der Waals surface area contributed by atoms with Crippen LogP contribution in [0.3, 0.4) is 0 Å². The standard InChI is InChI=1S/C24H24N4O2.C17H20BrN3O.C15H19BrN2O.C13H24N2O3.C11H19NO4.C9H9NO2S.C8H16N2O.C7H5BrO.C7H5NO.CH4/c1-2-26-23(29)18-11-12-19(13-18)28-15-25-14-21(28)16-7-9-17(10-8-16)24-27-20-5-3-4-6-22(20)30-24;1-2-20-17(22)13-5-8-15(9-13)21-11-19-10-16(21)12-3-6-14(18)7-4-12;1-2-17-15(19)12-5-8-14(9-12)18-10-11-3-6-13(16)7-4-11;1-5-14-11(16)9-6-7-10(8-9)15-12(17)18-13(2,3)4;1-11(2,3)16-10(15)12-8-5-4-7(6-8)9(13)14;1-8-3-5-9(6-4-8)13(11,12)7-10-2;1-2-10-8(11)6-3-4-7(9)5-6;8-7-3-1-6(5-9)2-4-7;1-2-4-7-6(3-1)8-5-9-7;/h3-10,14-15,18-19H,2,11-13H2,1H3,(H,26,29);3-4,6-7,10-11,13,15H,2,5,8-9H2,1H3,(H,20,22);3-4,6-7,10,12,14H,2,5,8-9H2,1H3,(H,17,19);9-10H,5-8H2,1-4H3,(H,14,16)(H,15,17);7-8H,4-6H2,1-3H3,(H,12,15)(H,13,14);3-6H,7H2,1H3;6-7H,2-5,9H2,1H3,(H,10,11);2*1-5H;1H4/t18-,19+;13-,15+;12-,14+;9-,10+;7-,8+;;6-,7+;;;/m00000.0.../s1. The molecule has 6 saturated carbocycles. The van der Waals surface area contributed by atoms with Crippen molar-refractivity contribution in [2.75, 3.05) is 38.6 Å². The van der Waals surface area contributed by atoms with Crippen molar-refractivity contribution in [3.8, 4) is 34.0 Å². The molecule has 796 valence electrons. The smallest absolute Gasteiger partial charge is 0.407 e. The first-order chi connectivity index (χ1) is 70.3. The largest absolute Gasteiger partial charge is 0.481 e. The first kappa shape index (κ1) is 121. The van der Waals surface area contributed by atoms with Crippen molar-refractivity contribution in [2.24, 2.45) is 46.2 Å². The highest BCUT2D eigenvalue weighted by molar-refractivity contribution is 9.11. The van der Waals surface area contributed by atoms with Gasteiger partial charge in [-0.3, -0.25) is 43.4 Å². The van der Waals surface area contributed by atoms with Crippen LogP contribution in [0.2, 0.25) is 0 Å². The number of aliphatic carboxylic acids is 1. The highest BCUT2D eigenvalue weighted by Crippen LogP contribution is 2.41. The van der Waals surface area contributed by atoms with E-state index in [1.807, 2.05) is 203 Å². The molecular weight excluding hydrogens is 2100 g/mol. The number of carbonyl (C=O) groups is 9. The summed E-state index contributed by atoms with van der Waals surface area (Å²) in [7, 11) is -3.38. The highest BCUT2D eigenvalue weighted by Gasteiger charge is 2.37. The molecule has 148 heavy (non-hydrogen) atoms. The second-order valence-corrected chi connectivity index (χ2v) is 43.5. The van der Waals surface area contributed by atoms with E-state index in [4.69, 9.17) is 35.7 Å². The Kier molecular flexibility index (Phi) is 49.6. The zero-order valence-electron chi connectivity index (χ0n) is 85.9. The predicted molar refractivity (Wildman–Crippen MR) is 589 cm³/mol. The van der Waals surface area contributed by atoms with Gasteiger partial charge in [-0.05, 0) is 300 Å². The van der Waals surface area contributed by atoms with Crippen molar-refractivity contribution in [3.05, 3.63) is 243 Å². The van der Waals surface area contributed by atoms with Crippen molar-refractivity contribution < 1.29 is 75.0 Å². The number of aldehydes is 1. The van der Waals surface area contributed by atoms with Crippen LogP contribution >= 0.6 is 47.8 Å². The summed E-state index contributed by atoms with van der Waals surface area (Å²) in [5.41, 5.74) is 16.3. The van der Waals surface area contributed by atoms with E-state index in [0.29, 0.717) is 75.4 Å². The summed E-state index contributed by atoms with van der Waals surface area (Å²) in [4.78, 5) is 128. The molecule has 17 rings (SSSR count). The molecule has 7 aromatic carbocycles. The SMILES string of the molecule is C.CC(C)(C)OC(=O)N[C@@H]1CC[C@H](C(=O)O)C1.CCNC(=O)[C@H]1CC[C@@H](N)C1.CCNC(=O)[C@H]1CC[C@@H](N=Cc2ccc(Br)cc2)C1.CCNC(=O)[C@H]1CC[C@@H](NC(=O)OC(C)(C)C)C1.CCNC(=O)[C@H]1CC[C@@H](n2cncc2-c2ccc(-c3nc4ccccc4o3)cc2)C1.CCNC(=O)[C@H]1CC[C@@H](n2cncc2-c2ccc(Br)cc2)C1.O=Cc1ccc(Br)cc1.[C-]#[N+]CS(=O)(=O)c1ccc(C)cc1.c1ccc2ocnc2c1. The molecular formula is C112H145Br3N16O16S. The van der Waals surface area contributed by atoms with E-state index >= 15 is 0 Å². The Hall–Kier alpha value is -12.6. The number of aryl methyl sites for hydroxylation is 1. The van der Waals surface area contributed by atoms with Crippen LogP contribution in [0, 0.1) is 49.0 Å². The number of aliphatic imine (C=N–C) groups is 1. The van der Waals surface area contributed by atoms with Gasteiger partial charge in [-0.2, -0.15) is 0 Å². The second-order valence-electron chi connectivity index (χ2n) is 38.8. The third-order valence-corrected chi connectivity index (χ3v) is 28.1. The fourth-order valence-corrected chi connectivity index (χ4v) is 19.4. The molecule has 4 aromatic heterocycles. The van der Waals surface area contributed by atoms with E-state index in [0.717, 1.165) is 178 Å². The maximum Gasteiger partial charge on any atom is 0.407 e. The number of fused-ring (bicyclic) bond motifs is 2. The number of imidazole rings is 2. The molecule has 32 nitrogen and oxygen atoms in total. The van der Waals surface area contributed by atoms with E-state index in [1.54, 1.807) is 45.0 Å². The summed E-state index contributed by atoms with van der Waals surface area (Å²) in [5.74, 6) is 0.412. The number of ether oxygens (including phenoxy) is 2. The summed E-state index contributed by atoms with van der Waals surface area (Å²) in [6.07, 6.45) is 26.4. The lowest BCUT2D eigenvalue weighted by Gasteiger charge is -2.21. The number of nitrogens with zero attached hydrogens (tertiary/aromatic N) is 8. The van der Waals surface area contributed by atoms with E-state index in [2.05, 4.69) is 148 Å². The van der Waals surface area contributed by atoms with Crippen LogP contribution < -0.4 is 43.0 Å². The van der Waals surface area contributed by atoms with Gasteiger partial charge in [0.15, 0.2) is 17.6 Å². The molecule has 6 aliphatic rings. The van der Waals surface area contributed by atoms with Gasteiger partial charge in [-0.25, -0.2) is 44.5 Å².